The van der Waals surface area contributed by atoms with Crippen molar-refractivity contribution in [1.82, 2.24) is 19.1 Å². The molecule has 38 heavy (non-hydrogen) atoms. The fourth-order valence-corrected chi connectivity index (χ4v) is 7.05. The van der Waals surface area contributed by atoms with Gasteiger partial charge in [0.15, 0.2) is 5.13 Å². The van der Waals surface area contributed by atoms with E-state index in [2.05, 4.69) is 10.1 Å². The van der Waals surface area contributed by atoms with Gasteiger partial charge < -0.3 is 0 Å². The molecule has 3 aromatic carbocycles. The monoisotopic (exact) mass is 543 g/mol. The maximum atomic E-state index is 13.7. The van der Waals surface area contributed by atoms with Crippen molar-refractivity contribution < 1.29 is 13.2 Å². The van der Waals surface area contributed by atoms with Gasteiger partial charge >= 0.3 is 0 Å². The van der Waals surface area contributed by atoms with Gasteiger partial charge in [-0.2, -0.15) is 9.40 Å². The molecule has 0 unspecified atom stereocenters. The molecule has 0 radical (unpaired) electrons. The van der Waals surface area contributed by atoms with Crippen LogP contribution in [-0.2, 0) is 29.5 Å². The Kier molecular flexibility index (Phi) is 6.52. The van der Waals surface area contributed by atoms with Crippen LogP contribution in [0, 0.1) is 0 Å². The van der Waals surface area contributed by atoms with Crippen molar-refractivity contribution in [2.24, 2.45) is 0 Å². The molecule has 0 bridgehead atoms. The highest BCUT2D eigenvalue weighted by molar-refractivity contribution is 7.89. The first-order chi connectivity index (χ1) is 18.5. The average Bonchev–Trinajstić information content (AvgIpc) is 3.63. The number of aromatic nitrogens is 3. The molecule has 1 amide bonds. The SMILES string of the molecule is O=C(c1ccc(S(=O)(=O)N2CCc3ccccc3C2)cc1)N(CCn1cccn1)c1nc2ccccc2s1. The summed E-state index contributed by atoms with van der Waals surface area (Å²) in [4.78, 5) is 20.2. The highest BCUT2D eigenvalue weighted by atomic mass is 32.2. The number of thiazole rings is 1. The van der Waals surface area contributed by atoms with Crippen molar-refractivity contribution in [3.63, 3.8) is 0 Å². The summed E-state index contributed by atoms with van der Waals surface area (Å²) >= 11 is 1.45. The number of para-hydroxylation sites is 1. The third-order valence-electron chi connectivity index (χ3n) is 6.71. The Balaban J connectivity index is 1.26. The minimum atomic E-state index is -3.69. The van der Waals surface area contributed by atoms with E-state index in [0.717, 1.165) is 15.8 Å². The van der Waals surface area contributed by atoms with Gasteiger partial charge in [-0.3, -0.25) is 14.4 Å². The summed E-state index contributed by atoms with van der Waals surface area (Å²) in [6, 6.07) is 23.7. The van der Waals surface area contributed by atoms with Crippen LogP contribution < -0.4 is 4.90 Å². The smallest absolute Gasteiger partial charge is 0.260 e. The second kappa shape index (κ2) is 10.1. The zero-order valence-electron chi connectivity index (χ0n) is 20.5. The molecule has 1 aliphatic rings. The topological polar surface area (TPSA) is 88.4 Å². The van der Waals surface area contributed by atoms with Crippen LogP contribution in [0.3, 0.4) is 0 Å². The Labute approximate surface area is 224 Å². The summed E-state index contributed by atoms with van der Waals surface area (Å²) < 4.78 is 31.0. The predicted octanol–water partition coefficient (Wildman–Crippen LogP) is 4.59. The summed E-state index contributed by atoms with van der Waals surface area (Å²) in [5, 5.41) is 4.83. The van der Waals surface area contributed by atoms with E-state index in [1.54, 1.807) is 27.9 Å². The number of amides is 1. The molecular weight excluding hydrogens is 518 g/mol. The highest BCUT2D eigenvalue weighted by Gasteiger charge is 2.29. The maximum absolute atomic E-state index is 13.7. The molecule has 2 aromatic heterocycles. The van der Waals surface area contributed by atoms with Crippen LogP contribution in [0.5, 0.6) is 0 Å². The number of rotatable bonds is 7. The maximum Gasteiger partial charge on any atom is 0.260 e. The number of carbonyl (C=O) groups excluding carboxylic acids is 1. The van der Waals surface area contributed by atoms with Crippen LogP contribution in [0.4, 0.5) is 5.13 Å². The lowest BCUT2D eigenvalue weighted by Crippen LogP contribution is -2.36. The third kappa shape index (κ3) is 4.73. The van der Waals surface area contributed by atoms with E-state index in [4.69, 9.17) is 0 Å². The zero-order valence-corrected chi connectivity index (χ0v) is 22.1. The van der Waals surface area contributed by atoms with Crippen LogP contribution in [0.1, 0.15) is 21.5 Å². The largest absolute Gasteiger partial charge is 0.282 e. The summed E-state index contributed by atoms with van der Waals surface area (Å²) in [6.07, 6.45) is 4.23. The zero-order chi connectivity index (χ0) is 26.1. The minimum Gasteiger partial charge on any atom is -0.282 e. The first-order valence-corrected chi connectivity index (χ1v) is 14.6. The molecule has 6 rings (SSSR count). The van der Waals surface area contributed by atoms with Crippen LogP contribution in [0.15, 0.2) is 96.2 Å². The molecule has 0 N–H and O–H groups in total. The van der Waals surface area contributed by atoms with Gasteiger partial charge in [-0.25, -0.2) is 13.4 Å². The molecule has 0 aliphatic carbocycles. The molecule has 1 aliphatic heterocycles. The molecule has 10 heteroatoms. The first-order valence-electron chi connectivity index (χ1n) is 12.3. The van der Waals surface area contributed by atoms with Crippen molar-refractivity contribution in [3.8, 4) is 0 Å². The number of hydrogen-bond donors (Lipinski definition) is 0. The lowest BCUT2D eigenvalue weighted by Gasteiger charge is -2.28. The molecule has 8 nitrogen and oxygen atoms in total. The Morgan fingerprint density at radius 2 is 1.71 bits per heavy atom. The van der Waals surface area contributed by atoms with Gasteiger partial charge in [0.2, 0.25) is 10.0 Å². The predicted molar refractivity (Wildman–Crippen MR) is 148 cm³/mol. The van der Waals surface area contributed by atoms with Crippen molar-refractivity contribution in [2.75, 3.05) is 18.0 Å². The van der Waals surface area contributed by atoms with E-state index < -0.39 is 10.0 Å². The number of sulfonamides is 1. The van der Waals surface area contributed by atoms with Gasteiger partial charge in [0.25, 0.3) is 5.91 Å². The quantitative estimate of drug-likeness (QED) is 0.300. The van der Waals surface area contributed by atoms with E-state index in [0.29, 0.717) is 43.3 Å². The lowest BCUT2D eigenvalue weighted by molar-refractivity contribution is 0.0985. The molecule has 192 valence electrons. The van der Waals surface area contributed by atoms with Crippen molar-refractivity contribution in [1.29, 1.82) is 0 Å². The molecule has 0 saturated carbocycles. The van der Waals surface area contributed by atoms with Gasteiger partial charge in [0.05, 0.1) is 21.7 Å². The fraction of sp³-hybridized carbons (Fsp3) is 0.179. The number of benzene rings is 3. The van der Waals surface area contributed by atoms with Gasteiger partial charge in [-0.15, -0.1) is 0 Å². The summed E-state index contributed by atoms with van der Waals surface area (Å²) in [5.41, 5.74) is 3.43. The van der Waals surface area contributed by atoms with Crippen molar-refractivity contribution >= 4 is 42.6 Å². The van der Waals surface area contributed by atoms with Gasteiger partial charge in [-0.05, 0) is 60.0 Å². The fourth-order valence-electron chi connectivity index (χ4n) is 4.64. The standard InChI is InChI=1S/C28H25N5O3S2/c34-27(33(19-18-31-16-5-15-29-31)28-30-25-8-3-4-9-26(25)37-28)22-10-12-24(13-11-22)38(35,36)32-17-14-21-6-1-2-7-23(21)20-32/h1-13,15-16H,14,17-20H2. The second-order valence-corrected chi connectivity index (χ2v) is 12.0. The number of nitrogens with zero attached hydrogens (tertiary/aromatic N) is 5. The van der Waals surface area contributed by atoms with Crippen LogP contribution in [0.25, 0.3) is 10.2 Å². The Morgan fingerprint density at radius 3 is 2.47 bits per heavy atom. The Hall–Kier alpha value is -3.86. The third-order valence-corrected chi connectivity index (χ3v) is 9.62. The molecule has 0 fully saturated rings. The first kappa shape index (κ1) is 24.5. The van der Waals surface area contributed by atoms with E-state index >= 15 is 0 Å². The Morgan fingerprint density at radius 1 is 0.947 bits per heavy atom. The molecule has 0 spiro atoms. The van der Waals surface area contributed by atoms with Crippen LogP contribution >= 0.6 is 11.3 Å². The summed E-state index contributed by atoms with van der Waals surface area (Å²) in [6.45, 7) is 1.64. The molecule has 3 heterocycles. The molecular formula is C28H25N5O3S2. The molecule has 0 atom stereocenters. The van der Waals surface area contributed by atoms with E-state index in [1.807, 2.05) is 60.8 Å². The average molecular weight is 544 g/mol. The molecule has 5 aromatic rings. The lowest BCUT2D eigenvalue weighted by atomic mass is 10.0. The van der Waals surface area contributed by atoms with Gasteiger partial charge in [-0.1, -0.05) is 47.7 Å². The van der Waals surface area contributed by atoms with Crippen LogP contribution in [0.2, 0.25) is 0 Å². The number of carbonyl (C=O) groups is 1. The van der Waals surface area contributed by atoms with Gasteiger partial charge in [0.1, 0.15) is 0 Å². The second-order valence-electron chi connectivity index (χ2n) is 9.07. The summed E-state index contributed by atoms with van der Waals surface area (Å²) in [5.74, 6) is -0.243. The Bertz CT molecular complexity index is 1660. The van der Waals surface area contributed by atoms with E-state index in [-0.39, 0.29) is 10.8 Å². The van der Waals surface area contributed by atoms with E-state index in [1.165, 1.54) is 33.3 Å². The molecule has 0 saturated heterocycles. The van der Waals surface area contributed by atoms with Crippen molar-refractivity contribution in [2.45, 2.75) is 24.4 Å². The minimum absolute atomic E-state index is 0.177. The number of fused-ring (bicyclic) bond motifs is 2. The van der Waals surface area contributed by atoms with Gasteiger partial charge in [0, 0.05) is 37.6 Å². The highest BCUT2D eigenvalue weighted by Crippen LogP contribution is 2.30. The number of anilines is 1. The van der Waals surface area contributed by atoms with Crippen LogP contribution in [-0.4, -0.2) is 46.5 Å². The summed E-state index contributed by atoms with van der Waals surface area (Å²) in [7, 11) is -3.69. The number of hydrogen-bond acceptors (Lipinski definition) is 6. The van der Waals surface area contributed by atoms with E-state index in [9.17, 15) is 13.2 Å². The normalized spacial score (nSPS) is 13.9. The van der Waals surface area contributed by atoms with Crippen molar-refractivity contribution in [3.05, 3.63) is 108 Å².